The molecule has 12 heavy (non-hydrogen) atoms. The molecule has 0 atom stereocenters. The van der Waals surface area contributed by atoms with Gasteiger partial charge in [-0.3, -0.25) is 0 Å². The van der Waals surface area contributed by atoms with Crippen LogP contribution in [0.4, 0.5) is 5.95 Å². The predicted molar refractivity (Wildman–Crippen MR) is 43.2 cm³/mol. The molecule has 0 bridgehead atoms. The normalized spacial score (nSPS) is 9.42. The quantitative estimate of drug-likeness (QED) is 0.689. The van der Waals surface area contributed by atoms with Crippen LogP contribution in [0, 0.1) is 0 Å². The summed E-state index contributed by atoms with van der Waals surface area (Å²) in [6.45, 7) is 2.63. The van der Waals surface area contributed by atoms with Crippen molar-refractivity contribution in [2.75, 3.05) is 11.9 Å². The van der Waals surface area contributed by atoms with Crippen molar-refractivity contribution in [2.24, 2.45) is 0 Å². The first kappa shape index (κ1) is 8.45. The second-order valence-corrected chi connectivity index (χ2v) is 2.13. The van der Waals surface area contributed by atoms with Gasteiger partial charge in [0.25, 0.3) is 0 Å². The molecule has 0 aromatic carbocycles. The lowest BCUT2D eigenvalue weighted by atomic mass is 10.3. The standard InChI is InChI=1S/C7H9N3O2/c1-2-8-7-9-3-5(4-10-7)6(11)12/h3-4H,2H2,1H3,(H,11,12)(H,8,9,10). The molecule has 0 amide bonds. The molecule has 0 aliphatic carbocycles. The fourth-order valence-corrected chi connectivity index (χ4v) is 0.688. The highest BCUT2D eigenvalue weighted by molar-refractivity contribution is 5.86. The molecule has 1 aromatic heterocycles. The minimum absolute atomic E-state index is 0.0941. The van der Waals surface area contributed by atoms with Crippen LogP contribution >= 0.6 is 0 Å². The Morgan fingerprint density at radius 3 is 2.58 bits per heavy atom. The van der Waals surface area contributed by atoms with Crippen molar-refractivity contribution in [3.05, 3.63) is 18.0 Å². The Kier molecular flexibility index (Phi) is 2.57. The number of hydrogen-bond donors (Lipinski definition) is 2. The first-order valence-electron chi connectivity index (χ1n) is 3.53. The number of anilines is 1. The van der Waals surface area contributed by atoms with Gasteiger partial charge in [-0.2, -0.15) is 0 Å². The molecule has 0 unspecified atom stereocenters. The minimum atomic E-state index is -1.02. The van der Waals surface area contributed by atoms with Crippen LogP contribution < -0.4 is 5.32 Å². The molecule has 0 aliphatic heterocycles. The van der Waals surface area contributed by atoms with Gasteiger partial charge in [0, 0.05) is 18.9 Å². The monoisotopic (exact) mass is 167 g/mol. The van der Waals surface area contributed by atoms with Crippen LogP contribution in [0.2, 0.25) is 0 Å². The number of hydrogen-bond acceptors (Lipinski definition) is 4. The Morgan fingerprint density at radius 2 is 2.17 bits per heavy atom. The molecule has 0 saturated heterocycles. The van der Waals surface area contributed by atoms with Gasteiger partial charge in [0.2, 0.25) is 5.95 Å². The highest BCUT2D eigenvalue weighted by Crippen LogP contribution is 1.98. The molecule has 0 aliphatic rings. The molecule has 5 heteroatoms. The van der Waals surface area contributed by atoms with Crippen molar-refractivity contribution >= 4 is 11.9 Å². The van der Waals surface area contributed by atoms with E-state index in [0.29, 0.717) is 12.5 Å². The summed E-state index contributed by atoms with van der Waals surface area (Å²) >= 11 is 0. The number of rotatable bonds is 3. The highest BCUT2D eigenvalue weighted by Gasteiger charge is 2.02. The molecule has 1 aromatic rings. The summed E-state index contributed by atoms with van der Waals surface area (Å²) in [5.74, 6) is -0.569. The summed E-state index contributed by atoms with van der Waals surface area (Å²) in [6, 6.07) is 0. The van der Waals surface area contributed by atoms with Crippen LogP contribution in [0.1, 0.15) is 17.3 Å². The van der Waals surface area contributed by atoms with Gasteiger partial charge in [0.15, 0.2) is 0 Å². The van der Waals surface area contributed by atoms with Gasteiger partial charge in [-0.25, -0.2) is 14.8 Å². The molecule has 0 fully saturated rings. The Morgan fingerprint density at radius 1 is 1.58 bits per heavy atom. The lowest BCUT2D eigenvalue weighted by Crippen LogP contribution is -2.04. The number of carboxylic acid groups (broad SMARTS) is 1. The topological polar surface area (TPSA) is 75.1 Å². The lowest BCUT2D eigenvalue weighted by Gasteiger charge is -1.99. The number of nitrogens with zero attached hydrogens (tertiary/aromatic N) is 2. The van der Waals surface area contributed by atoms with E-state index in [1.807, 2.05) is 6.92 Å². The van der Waals surface area contributed by atoms with Crippen LogP contribution in [0.3, 0.4) is 0 Å². The van der Waals surface area contributed by atoms with Crippen LogP contribution in [0.15, 0.2) is 12.4 Å². The van der Waals surface area contributed by atoms with Gasteiger partial charge >= 0.3 is 5.97 Å². The average Bonchev–Trinajstić information content (AvgIpc) is 2.06. The molecule has 2 N–H and O–H groups in total. The van der Waals surface area contributed by atoms with E-state index in [1.165, 1.54) is 12.4 Å². The predicted octanol–water partition coefficient (Wildman–Crippen LogP) is 0.607. The van der Waals surface area contributed by atoms with Crippen LogP contribution in [0.25, 0.3) is 0 Å². The van der Waals surface area contributed by atoms with Crippen LogP contribution in [0.5, 0.6) is 0 Å². The Balaban J connectivity index is 2.78. The Bertz CT molecular complexity index is 270. The first-order chi connectivity index (χ1) is 5.74. The second kappa shape index (κ2) is 3.66. The maximum Gasteiger partial charge on any atom is 0.338 e. The average molecular weight is 167 g/mol. The highest BCUT2D eigenvalue weighted by atomic mass is 16.4. The zero-order valence-electron chi connectivity index (χ0n) is 6.61. The maximum absolute atomic E-state index is 10.4. The molecule has 64 valence electrons. The van der Waals surface area contributed by atoms with E-state index in [-0.39, 0.29) is 5.56 Å². The number of carbonyl (C=O) groups is 1. The minimum Gasteiger partial charge on any atom is -0.478 e. The maximum atomic E-state index is 10.4. The second-order valence-electron chi connectivity index (χ2n) is 2.13. The molecule has 1 rings (SSSR count). The van der Waals surface area contributed by atoms with Crippen LogP contribution in [-0.4, -0.2) is 27.6 Å². The van der Waals surface area contributed by atoms with Crippen molar-refractivity contribution in [1.82, 2.24) is 9.97 Å². The van der Waals surface area contributed by atoms with Crippen molar-refractivity contribution in [2.45, 2.75) is 6.92 Å². The van der Waals surface area contributed by atoms with Crippen LogP contribution in [-0.2, 0) is 0 Å². The Labute approximate surface area is 69.5 Å². The van der Waals surface area contributed by atoms with E-state index >= 15 is 0 Å². The summed E-state index contributed by atoms with van der Waals surface area (Å²) in [5.41, 5.74) is 0.0941. The summed E-state index contributed by atoms with van der Waals surface area (Å²) < 4.78 is 0. The van der Waals surface area contributed by atoms with E-state index in [2.05, 4.69) is 15.3 Å². The fraction of sp³-hybridized carbons (Fsp3) is 0.286. The third-order valence-corrected chi connectivity index (χ3v) is 1.23. The summed E-state index contributed by atoms with van der Waals surface area (Å²) in [6.07, 6.45) is 2.54. The number of aromatic nitrogens is 2. The molecule has 0 radical (unpaired) electrons. The van der Waals surface area contributed by atoms with Gasteiger partial charge in [-0.1, -0.05) is 0 Å². The van der Waals surface area contributed by atoms with E-state index in [4.69, 9.17) is 5.11 Å². The van der Waals surface area contributed by atoms with E-state index in [1.54, 1.807) is 0 Å². The van der Waals surface area contributed by atoms with Gasteiger partial charge in [0.05, 0.1) is 5.56 Å². The molecular weight excluding hydrogens is 158 g/mol. The van der Waals surface area contributed by atoms with Gasteiger partial charge in [0.1, 0.15) is 0 Å². The third kappa shape index (κ3) is 1.91. The summed E-state index contributed by atoms with van der Waals surface area (Å²) in [4.78, 5) is 17.9. The first-order valence-corrected chi connectivity index (χ1v) is 3.53. The third-order valence-electron chi connectivity index (χ3n) is 1.23. The number of aromatic carboxylic acids is 1. The van der Waals surface area contributed by atoms with Gasteiger partial charge < -0.3 is 10.4 Å². The largest absolute Gasteiger partial charge is 0.478 e. The SMILES string of the molecule is CCNc1ncc(C(=O)O)cn1. The van der Waals surface area contributed by atoms with E-state index in [9.17, 15) is 4.79 Å². The smallest absolute Gasteiger partial charge is 0.338 e. The fourth-order valence-electron chi connectivity index (χ4n) is 0.688. The number of carboxylic acids is 1. The van der Waals surface area contributed by atoms with Crippen molar-refractivity contribution < 1.29 is 9.90 Å². The zero-order valence-corrected chi connectivity index (χ0v) is 6.61. The summed E-state index contributed by atoms with van der Waals surface area (Å²) in [7, 11) is 0. The van der Waals surface area contributed by atoms with Crippen molar-refractivity contribution in [3.8, 4) is 0 Å². The van der Waals surface area contributed by atoms with Crippen molar-refractivity contribution in [1.29, 1.82) is 0 Å². The molecular formula is C7H9N3O2. The van der Waals surface area contributed by atoms with E-state index < -0.39 is 5.97 Å². The van der Waals surface area contributed by atoms with Crippen molar-refractivity contribution in [3.63, 3.8) is 0 Å². The molecule has 5 nitrogen and oxygen atoms in total. The van der Waals surface area contributed by atoms with Gasteiger partial charge in [-0.05, 0) is 6.92 Å². The van der Waals surface area contributed by atoms with Gasteiger partial charge in [-0.15, -0.1) is 0 Å². The molecule has 1 heterocycles. The molecule has 0 spiro atoms. The molecule has 0 saturated carbocycles. The lowest BCUT2D eigenvalue weighted by molar-refractivity contribution is 0.0696. The number of nitrogens with one attached hydrogen (secondary N) is 1. The summed E-state index contributed by atoms with van der Waals surface area (Å²) in [5, 5.41) is 11.4. The van der Waals surface area contributed by atoms with E-state index in [0.717, 1.165) is 0 Å². The zero-order chi connectivity index (χ0) is 8.97. The Hall–Kier alpha value is -1.65.